The van der Waals surface area contributed by atoms with Gasteiger partial charge in [-0.2, -0.15) is 5.10 Å². The first-order valence-corrected chi connectivity index (χ1v) is 10.4. The van der Waals surface area contributed by atoms with E-state index in [1.807, 2.05) is 33.8 Å². The molecule has 3 rings (SSSR count). The molecule has 0 aliphatic carbocycles. The molecular weight excluding hydrogens is 424 g/mol. The Bertz CT molecular complexity index is 1170. The topological polar surface area (TPSA) is 134 Å². The maximum atomic E-state index is 12.7. The number of aromatic nitrogens is 4. The average molecular weight is 453 g/mol. The number of methoxy groups -OCH3 is 1. The van der Waals surface area contributed by atoms with E-state index < -0.39 is 5.91 Å². The number of aryl methyl sites for hydroxylation is 3. The minimum absolute atomic E-state index is 0.143. The van der Waals surface area contributed by atoms with Crippen molar-refractivity contribution in [3.8, 4) is 17.4 Å². The maximum absolute atomic E-state index is 12.7. The van der Waals surface area contributed by atoms with Gasteiger partial charge in [0.25, 0.3) is 11.9 Å². The Kier molecular flexibility index (Phi) is 7.27. The number of ether oxygens (including phenoxy) is 2. The Morgan fingerprint density at radius 2 is 1.76 bits per heavy atom. The molecule has 10 nitrogen and oxygen atoms in total. The molecule has 0 fully saturated rings. The molecule has 0 bridgehead atoms. The third kappa shape index (κ3) is 5.85. The number of nitrogens with zero attached hydrogens (tertiary/aromatic N) is 4. The quantitative estimate of drug-likeness (QED) is 0.504. The Balaban J connectivity index is 1.68. The third-order valence-corrected chi connectivity index (χ3v) is 5.03. The number of nitrogens with one attached hydrogen (secondary N) is 1. The van der Waals surface area contributed by atoms with Gasteiger partial charge in [0.15, 0.2) is 18.1 Å². The van der Waals surface area contributed by atoms with Gasteiger partial charge in [0, 0.05) is 29.2 Å². The van der Waals surface area contributed by atoms with Crippen LogP contribution in [0.2, 0.25) is 0 Å². The van der Waals surface area contributed by atoms with Gasteiger partial charge < -0.3 is 20.5 Å². The van der Waals surface area contributed by atoms with E-state index in [9.17, 15) is 9.59 Å². The molecule has 0 atom stereocenters. The lowest BCUT2D eigenvalue weighted by Crippen LogP contribution is -2.25. The van der Waals surface area contributed by atoms with Gasteiger partial charge in [0.1, 0.15) is 0 Å². The van der Waals surface area contributed by atoms with E-state index in [0.717, 1.165) is 33.9 Å². The minimum atomic E-state index is -0.577. The molecule has 2 amide bonds. The van der Waals surface area contributed by atoms with Crippen molar-refractivity contribution < 1.29 is 19.1 Å². The van der Waals surface area contributed by atoms with Crippen LogP contribution in [0.4, 0.5) is 0 Å². The lowest BCUT2D eigenvalue weighted by Gasteiger charge is -2.12. The highest BCUT2D eigenvalue weighted by atomic mass is 16.5. The number of amides is 2. The zero-order chi connectivity index (χ0) is 24.1. The number of hydrogen-bond donors (Lipinski definition) is 2. The highest BCUT2D eigenvalue weighted by molar-refractivity contribution is 5.79. The molecule has 2 aromatic heterocycles. The second-order valence-electron chi connectivity index (χ2n) is 7.71. The van der Waals surface area contributed by atoms with Crippen LogP contribution >= 0.6 is 0 Å². The van der Waals surface area contributed by atoms with E-state index in [0.29, 0.717) is 24.0 Å². The predicted molar refractivity (Wildman–Crippen MR) is 121 cm³/mol. The Morgan fingerprint density at radius 3 is 2.39 bits per heavy atom. The summed E-state index contributed by atoms with van der Waals surface area (Å²) in [6, 6.07) is 7.09. The molecule has 0 aliphatic rings. The van der Waals surface area contributed by atoms with Crippen LogP contribution in [0.5, 0.6) is 11.5 Å². The average Bonchev–Trinajstić information content (AvgIpc) is 3.04. The number of rotatable bonds is 9. The predicted octanol–water partition coefficient (Wildman–Crippen LogP) is 1.63. The summed E-state index contributed by atoms with van der Waals surface area (Å²) in [5, 5.41) is 7.46. The fourth-order valence-electron chi connectivity index (χ4n) is 3.44. The number of primary amides is 1. The van der Waals surface area contributed by atoms with Crippen molar-refractivity contribution in [3.63, 3.8) is 0 Å². The van der Waals surface area contributed by atoms with Crippen LogP contribution < -0.4 is 20.5 Å². The van der Waals surface area contributed by atoms with E-state index in [4.69, 9.17) is 15.2 Å². The second kappa shape index (κ2) is 10.1. The molecule has 0 unspecified atom stereocenters. The van der Waals surface area contributed by atoms with E-state index in [1.54, 1.807) is 22.9 Å². The van der Waals surface area contributed by atoms with Gasteiger partial charge in [0.05, 0.1) is 19.2 Å². The highest BCUT2D eigenvalue weighted by Crippen LogP contribution is 2.28. The molecule has 3 aromatic rings. The van der Waals surface area contributed by atoms with Crippen LogP contribution in [0, 0.1) is 27.7 Å². The van der Waals surface area contributed by atoms with Crippen LogP contribution in [0.1, 0.15) is 33.9 Å². The normalized spacial score (nSPS) is 10.7. The van der Waals surface area contributed by atoms with E-state index in [2.05, 4.69) is 20.4 Å². The molecule has 0 radical (unpaired) electrons. The van der Waals surface area contributed by atoms with Gasteiger partial charge in [-0.25, -0.2) is 14.6 Å². The molecule has 0 aliphatic heterocycles. The number of benzene rings is 1. The van der Waals surface area contributed by atoms with Crippen LogP contribution in [-0.4, -0.2) is 45.3 Å². The fraction of sp³-hybridized carbons (Fsp3) is 0.348. The SMILES string of the molecule is COc1cc(CNC(=O)Cc2c(C)nn(-c3nc(C)cc(C)n3)c2C)ccc1OCC(N)=O. The number of carbonyl (C=O) groups excluding carboxylic acids is 2. The van der Waals surface area contributed by atoms with Crippen molar-refractivity contribution in [1.29, 1.82) is 0 Å². The van der Waals surface area contributed by atoms with Crippen LogP contribution in [-0.2, 0) is 22.6 Å². The summed E-state index contributed by atoms with van der Waals surface area (Å²) in [4.78, 5) is 32.5. The first kappa shape index (κ1) is 23.7. The summed E-state index contributed by atoms with van der Waals surface area (Å²) in [6.45, 7) is 7.64. The van der Waals surface area contributed by atoms with Crippen LogP contribution in [0.15, 0.2) is 24.3 Å². The van der Waals surface area contributed by atoms with Gasteiger partial charge in [-0.05, 0) is 51.5 Å². The Labute approximate surface area is 192 Å². The number of nitrogens with two attached hydrogens (primary N) is 1. The zero-order valence-electron chi connectivity index (χ0n) is 19.4. The molecule has 3 N–H and O–H groups in total. The van der Waals surface area contributed by atoms with E-state index >= 15 is 0 Å². The summed E-state index contributed by atoms with van der Waals surface area (Å²) in [6.07, 6.45) is 0.180. The van der Waals surface area contributed by atoms with Crippen molar-refractivity contribution >= 4 is 11.8 Å². The lowest BCUT2D eigenvalue weighted by atomic mass is 10.1. The fourth-order valence-corrected chi connectivity index (χ4v) is 3.44. The summed E-state index contributed by atoms with van der Waals surface area (Å²) in [5.74, 6) is 0.620. The molecule has 10 heteroatoms. The Morgan fingerprint density at radius 1 is 1.06 bits per heavy atom. The van der Waals surface area contributed by atoms with Gasteiger partial charge in [-0.3, -0.25) is 9.59 Å². The van der Waals surface area contributed by atoms with Crippen molar-refractivity contribution in [2.75, 3.05) is 13.7 Å². The van der Waals surface area contributed by atoms with E-state index in [1.165, 1.54) is 7.11 Å². The number of hydrogen-bond acceptors (Lipinski definition) is 7. The second-order valence-corrected chi connectivity index (χ2v) is 7.71. The van der Waals surface area contributed by atoms with Gasteiger partial charge in [-0.15, -0.1) is 0 Å². The molecular formula is C23H28N6O4. The van der Waals surface area contributed by atoms with Gasteiger partial charge in [-0.1, -0.05) is 6.07 Å². The summed E-state index contributed by atoms with van der Waals surface area (Å²) < 4.78 is 12.3. The summed E-state index contributed by atoms with van der Waals surface area (Å²) >= 11 is 0. The smallest absolute Gasteiger partial charge is 0.255 e. The molecule has 0 spiro atoms. The van der Waals surface area contributed by atoms with Crippen LogP contribution in [0.3, 0.4) is 0 Å². The van der Waals surface area contributed by atoms with Crippen molar-refractivity contribution in [2.24, 2.45) is 5.73 Å². The maximum Gasteiger partial charge on any atom is 0.255 e. The number of carbonyl (C=O) groups is 2. The zero-order valence-corrected chi connectivity index (χ0v) is 19.4. The molecule has 1 aromatic carbocycles. The summed E-state index contributed by atoms with van der Waals surface area (Å²) in [5.41, 5.74) is 10.0. The van der Waals surface area contributed by atoms with E-state index in [-0.39, 0.29) is 18.9 Å². The van der Waals surface area contributed by atoms with Crippen LogP contribution in [0.25, 0.3) is 5.95 Å². The standard InChI is InChI=1S/C23H28N6O4/c1-13-8-14(2)27-23(26-13)29-16(4)18(15(3)28-29)10-22(31)25-11-17-6-7-19(20(9-17)32-5)33-12-21(24)30/h6-9H,10-12H2,1-5H3,(H2,24,30)(H,25,31). The first-order chi connectivity index (χ1) is 15.7. The molecule has 174 valence electrons. The Hall–Kier alpha value is -3.95. The van der Waals surface area contributed by atoms with Gasteiger partial charge >= 0.3 is 0 Å². The largest absolute Gasteiger partial charge is 0.493 e. The summed E-state index contributed by atoms with van der Waals surface area (Å²) in [7, 11) is 1.50. The highest BCUT2D eigenvalue weighted by Gasteiger charge is 2.18. The minimum Gasteiger partial charge on any atom is -0.493 e. The monoisotopic (exact) mass is 452 g/mol. The molecule has 33 heavy (non-hydrogen) atoms. The van der Waals surface area contributed by atoms with Gasteiger partial charge in [0.2, 0.25) is 5.91 Å². The first-order valence-electron chi connectivity index (χ1n) is 10.4. The third-order valence-electron chi connectivity index (χ3n) is 5.03. The van der Waals surface area contributed by atoms with Crippen molar-refractivity contribution in [1.82, 2.24) is 25.1 Å². The molecule has 2 heterocycles. The molecule has 0 saturated carbocycles. The van der Waals surface area contributed by atoms with Crippen molar-refractivity contribution in [2.45, 2.75) is 40.7 Å². The van der Waals surface area contributed by atoms with Crippen molar-refractivity contribution in [3.05, 3.63) is 58.2 Å². The lowest BCUT2D eigenvalue weighted by molar-refractivity contribution is -0.121. The molecule has 0 saturated heterocycles.